The normalized spacial score (nSPS) is 11.1. The molecular weight excluding hydrogens is 226 g/mol. The second-order valence-electron chi connectivity index (χ2n) is 5.45. The third kappa shape index (κ3) is 6.52. The molecule has 4 heteroatoms. The van der Waals surface area contributed by atoms with Crippen LogP contribution < -0.4 is 0 Å². The zero-order valence-electron chi connectivity index (χ0n) is 11.9. The number of rotatable bonds is 9. The molecule has 0 aliphatic heterocycles. The van der Waals surface area contributed by atoms with Gasteiger partial charge in [-0.3, -0.25) is 9.48 Å². The molecule has 4 nitrogen and oxygen atoms in total. The fraction of sp³-hybridized carbons (Fsp3) is 0.786. The summed E-state index contributed by atoms with van der Waals surface area (Å²) < 4.78 is 1.85. The van der Waals surface area contributed by atoms with Crippen molar-refractivity contribution in [2.24, 2.45) is 5.92 Å². The van der Waals surface area contributed by atoms with Gasteiger partial charge in [0.15, 0.2) is 0 Å². The van der Waals surface area contributed by atoms with Crippen molar-refractivity contribution in [1.29, 1.82) is 0 Å². The van der Waals surface area contributed by atoms with E-state index in [0.29, 0.717) is 6.42 Å². The van der Waals surface area contributed by atoms with Crippen LogP contribution in [0, 0.1) is 5.92 Å². The van der Waals surface area contributed by atoms with Crippen LogP contribution in [0.15, 0.2) is 6.20 Å². The maximum Gasteiger partial charge on any atom is 0.135 e. The van der Waals surface area contributed by atoms with Gasteiger partial charge in [0.1, 0.15) is 5.78 Å². The van der Waals surface area contributed by atoms with Crippen LogP contribution in [0.2, 0.25) is 0 Å². The number of aromatic nitrogens is 3. The van der Waals surface area contributed by atoms with Crippen molar-refractivity contribution in [3.63, 3.8) is 0 Å². The first-order valence-corrected chi connectivity index (χ1v) is 6.96. The maximum absolute atomic E-state index is 10.9. The monoisotopic (exact) mass is 251 g/mol. The summed E-state index contributed by atoms with van der Waals surface area (Å²) in [6, 6.07) is 0. The van der Waals surface area contributed by atoms with E-state index in [-0.39, 0.29) is 5.78 Å². The summed E-state index contributed by atoms with van der Waals surface area (Å²) >= 11 is 0. The maximum atomic E-state index is 10.9. The van der Waals surface area contributed by atoms with E-state index in [9.17, 15) is 4.79 Å². The van der Waals surface area contributed by atoms with E-state index < -0.39 is 0 Å². The highest BCUT2D eigenvalue weighted by Gasteiger charge is 2.03. The third-order valence-corrected chi connectivity index (χ3v) is 2.93. The van der Waals surface area contributed by atoms with Crippen LogP contribution in [0.4, 0.5) is 0 Å². The smallest absolute Gasteiger partial charge is 0.135 e. The molecule has 0 aliphatic carbocycles. The summed E-state index contributed by atoms with van der Waals surface area (Å²) in [5.41, 5.74) is 0.780. The zero-order valence-corrected chi connectivity index (χ0v) is 11.9. The fourth-order valence-corrected chi connectivity index (χ4v) is 1.96. The molecule has 0 saturated carbocycles. The number of aryl methyl sites for hydroxylation is 1. The molecule has 0 aliphatic rings. The highest BCUT2D eigenvalue weighted by Crippen LogP contribution is 2.10. The molecule has 1 aromatic rings. The van der Waals surface area contributed by atoms with Crippen molar-refractivity contribution >= 4 is 5.78 Å². The number of hydrogen-bond acceptors (Lipinski definition) is 3. The van der Waals surface area contributed by atoms with Gasteiger partial charge in [-0.05, 0) is 19.3 Å². The first-order valence-electron chi connectivity index (χ1n) is 6.96. The summed E-state index contributed by atoms with van der Waals surface area (Å²) in [6.45, 7) is 7.03. The van der Waals surface area contributed by atoms with Gasteiger partial charge < -0.3 is 0 Å². The highest BCUT2D eigenvalue weighted by molar-refractivity contribution is 5.77. The van der Waals surface area contributed by atoms with Gasteiger partial charge in [0.2, 0.25) is 0 Å². The van der Waals surface area contributed by atoms with Crippen LogP contribution in [-0.2, 0) is 17.8 Å². The average molecular weight is 251 g/mol. The lowest BCUT2D eigenvalue weighted by Crippen LogP contribution is -1.99. The SMILES string of the molecule is CC(=O)Cc1cn(CCCCCCC(C)C)nn1. The Bertz CT molecular complexity index is 358. The number of ketones is 1. The van der Waals surface area contributed by atoms with E-state index in [1.54, 1.807) is 6.92 Å². The molecule has 1 rings (SSSR count). The van der Waals surface area contributed by atoms with Crippen LogP contribution in [0.25, 0.3) is 0 Å². The van der Waals surface area contributed by atoms with Gasteiger partial charge >= 0.3 is 0 Å². The van der Waals surface area contributed by atoms with Crippen molar-refractivity contribution in [1.82, 2.24) is 15.0 Å². The van der Waals surface area contributed by atoms with E-state index in [0.717, 1.165) is 24.6 Å². The van der Waals surface area contributed by atoms with E-state index in [4.69, 9.17) is 0 Å². The van der Waals surface area contributed by atoms with Crippen LogP contribution in [0.1, 0.15) is 58.6 Å². The molecule has 0 bridgehead atoms. The second kappa shape index (κ2) is 8.01. The Labute approximate surface area is 110 Å². The molecule has 102 valence electrons. The number of hydrogen-bond donors (Lipinski definition) is 0. The second-order valence-corrected chi connectivity index (χ2v) is 5.45. The summed E-state index contributed by atoms with van der Waals surface area (Å²) in [5.74, 6) is 0.949. The Kier molecular flexibility index (Phi) is 6.61. The molecule has 0 atom stereocenters. The third-order valence-electron chi connectivity index (χ3n) is 2.93. The van der Waals surface area contributed by atoms with E-state index in [1.165, 1.54) is 25.7 Å². The largest absolute Gasteiger partial charge is 0.300 e. The summed E-state index contributed by atoms with van der Waals surface area (Å²) in [7, 11) is 0. The number of carbonyl (C=O) groups is 1. The van der Waals surface area contributed by atoms with Crippen LogP contribution in [0.3, 0.4) is 0 Å². The molecule has 0 amide bonds. The first kappa shape index (κ1) is 14.9. The lowest BCUT2D eigenvalue weighted by atomic mass is 10.0. The molecule has 0 aromatic carbocycles. The Hall–Kier alpha value is -1.19. The van der Waals surface area contributed by atoms with Gasteiger partial charge in [0, 0.05) is 12.7 Å². The summed E-state index contributed by atoms with van der Waals surface area (Å²) in [5, 5.41) is 8.02. The van der Waals surface area contributed by atoms with Gasteiger partial charge in [-0.1, -0.05) is 44.7 Å². The Morgan fingerprint density at radius 2 is 2.00 bits per heavy atom. The summed E-state index contributed by atoms with van der Waals surface area (Å²) in [6.07, 6.45) is 8.61. The highest BCUT2D eigenvalue weighted by atomic mass is 16.1. The zero-order chi connectivity index (χ0) is 13.4. The Morgan fingerprint density at radius 1 is 1.28 bits per heavy atom. The van der Waals surface area contributed by atoms with Crippen LogP contribution >= 0.6 is 0 Å². The van der Waals surface area contributed by atoms with Gasteiger partial charge in [-0.2, -0.15) is 0 Å². The fourth-order valence-electron chi connectivity index (χ4n) is 1.96. The summed E-state index contributed by atoms with van der Waals surface area (Å²) in [4.78, 5) is 10.9. The molecule has 1 aromatic heterocycles. The predicted octanol–water partition coefficient (Wildman–Crippen LogP) is 3.02. The molecule has 0 saturated heterocycles. The molecule has 0 unspecified atom stereocenters. The van der Waals surface area contributed by atoms with Gasteiger partial charge in [-0.25, -0.2) is 0 Å². The van der Waals surface area contributed by atoms with E-state index in [2.05, 4.69) is 24.2 Å². The number of nitrogens with zero attached hydrogens (tertiary/aromatic N) is 3. The molecule has 18 heavy (non-hydrogen) atoms. The minimum Gasteiger partial charge on any atom is -0.300 e. The Morgan fingerprint density at radius 3 is 2.67 bits per heavy atom. The van der Waals surface area contributed by atoms with Crippen LogP contribution in [-0.4, -0.2) is 20.8 Å². The predicted molar refractivity (Wildman–Crippen MR) is 72.3 cm³/mol. The van der Waals surface area contributed by atoms with Crippen molar-refractivity contribution < 1.29 is 4.79 Å². The molecule has 0 fully saturated rings. The van der Waals surface area contributed by atoms with Crippen molar-refractivity contribution in [2.75, 3.05) is 0 Å². The van der Waals surface area contributed by atoms with Gasteiger partial charge in [-0.15, -0.1) is 5.10 Å². The van der Waals surface area contributed by atoms with Gasteiger partial charge in [0.25, 0.3) is 0 Å². The average Bonchev–Trinajstić information content (AvgIpc) is 2.69. The molecular formula is C14H25N3O. The quantitative estimate of drug-likeness (QED) is 0.634. The minimum absolute atomic E-state index is 0.135. The number of Topliss-reactive ketones (excluding diaryl/α,β-unsaturated/α-hetero) is 1. The standard InChI is InChI=1S/C14H25N3O/c1-12(2)8-6-4-5-7-9-17-11-14(15-16-17)10-13(3)18/h11-12H,4-10H2,1-3H3. The Balaban J connectivity index is 2.12. The lowest BCUT2D eigenvalue weighted by Gasteiger charge is -2.04. The lowest BCUT2D eigenvalue weighted by molar-refractivity contribution is -0.116. The van der Waals surface area contributed by atoms with E-state index in [1.807, 2.05) is 10.9 Å². The van der Waals surface area contributed by atoms with Crippen LogP contribution in [0.5, 0.6) is 0 Å². The van der Waals surface area contributed by atoms with Crippen molar-refractivity contribution in [3.05, 3.63) is 11.9 Å². The number of carbonyl (C=O) groups excluding carboxylic acids is 1. The topological polar surface area (TPSA) is 47.8 Å². The molecule has 0 spiro atoms. The minimum atomic E-state index is 0.135. The number of unbranched alkanes of at least 4 members (excludes halogenated alkanes) is 3. The molecule has 1 heterocycles. The van der Waals surface area contributed by atoms with E-state index >= 15 is 0 Å². The van der Waals surface area contributed by atoms with Crippen molar-refractivity contribution in [3.8, 4) is 0 Å². The first-order chi connectivity index (χ1) is 8.58. The molecule has 0 N–H and O–H groups in total. The van der Waals surface area contributed by atoms with Gasteiger partial charge in [0.05, 0.1) is 12.1 Å². The molecule has 0 radical (unpaired) electrons. The van der Waals surface area contributed by atoms with Crippen molar-refractivity contribution in [2.45, 2.75) is 65.8 Å².